The van der Waals surface area contributed by atoms with E-state index < -0.39 is 0 Å². The third-order valence-electron chi connectivity index (χ3n) is 1.75. The van der Waals surface area contributed by atoms with E-state index >= 15 is 0 Å². The normalized spacial score (nSPS) is 10.2. The summed E-state index contributed by atoms with van der Waals surface area (Å²) in [7, 11) is 0. The van der Waals surface area contributed by atoms with Crippen molar-refractivity contribution in [2.24, 2.45) is 0 Å². The van der Waals surface area contributed by atoms with Crippen LogP contribution in [0.5, 0.6) is 0 Å². The fraction of sp³-hybridized carbons (Fsp3) is 0.889. The maximum absolute atomic E-state index is 11.1. The van der Waals surface area contributed by atoms with Crippen molar-refractivity contribution in [1.82, 2.24) is 5.32 Å². The van der Waals surface area contributed by atoms with Crippen LogP contribution >= 0.6 is 50.5 Å². The van der Waals surface area contributed by atoms with Crippen molar-refractivity contribution < 1.29 is 9.53 Å². The number of ether oxygens (including phenoxy) is 1. The Morgan fingerprint density at radius 3 is 2.12 bits per heavy atom. The van der Waals surface area contributed by atoms with Crippen LogP contribution in [0.4, 0.5) is 4.79 Å². The molecule has 0 heterocycles. The van der Waals surface area contributed by atoms with E-state index in [4.69, 9.17) is 4.74 Å². The molecule has 0 aromatic heterocycles. The Bertz CT molecular complexity index is 178. The monoisotopic (exact) mass is 325 g/mol. The molecule has 0 saturated carbocycles. The summed E-state index contributed by atoms with van der Waals surface area (Å²) in [5.41, 5.74) is 0. The Morgan fingerprint density at radius 2 is 1.59 bits per heavy atom. The maximum atomic E-state index is 11.1. The molecule has 0 aromatic carbocycles. The van der Waals surface area contributed by atoms with Crippen molar-refractivity contribution in [3.8, 4) is 0 Å². The predicted molar refractivity (Wildman–Crippen MR) is 88.5 cm³/mol. The number of hydrogen-bond donors (Lipinski definition) is 5. The van der Waals surface area contributed by atoms with Gasteiger partial charge in [0, 0.05) is 15.7 Å². The molecule has 0 fully saturated rings. The number of carbonyl (C=O) groups excluding carboxylic acids is 1. The minimum absolute atomic E-state index is 0. The molecule has 0 aliphatic carbocycles. The third-order valence-corrected chi connectivity index (χ3v) is 2.78. The van der Waals surface area contributed by atoms with Gasteiger partial charge in [-0.05, 0) is 25.7 Å². The van der Waals surface area contributed by atoms with E-state index in [2.05, 4.69) is 55.8 Å². The van der Waals surface area contributed by atoms with E-state index in [1.165, 1.54) is 0 Å². The van der Waals surface area contributed by atoms with Crippen LogP contribution in [0.2, 0.25) is 0 Å². The van der Waals surface area contributed by atoms with Gasteiger partial charge >= 0.3 is 35.7 Å². The van der Waals surface area contributed by atoms with E-state index in [0.29, 0.717) is 13.2 Å². The molecule has 0 spiro atoms. The second-order valence-corrected chi connectivity index (χ2v) is 6.62. The Labute approximate surface area is 148 Å². The average molecular weight is 326 g/mol. The molecule has 17 heavy (non-hydrogen) atoms. The number of amides is 1. The van der Waals surface area contributed by atoms with Gasteiger partial charge < -0.3 is 10.1 Å². The zero-order valence-corrected chi connectivity index (χ0v) is 12.6. The number of carbonyl (C=O) groups is 1. The van der Waals surface area contributed by atoms with Crippen molar-refractivity contribution in [3.63, 3.8) is 0 Å². The fourth-order valence-electron chi connectivity index (χ4n) is 0.957. The molecular formula is C9H20NNaO2S4. The van der Waals surface area contributed by atoms with Crippen molar-refractivity contribution in [1.29, 1.82) is 0 Å². The van der Waals surface area contributed by atoms with Gasteiger partial charge in [-0.3, -0.25) is 0 Å². The number of hydrogen-bond acceptors (Lipinski definition) is 6. The summed E-state index contributed by atoms with van der Waals surface area (Å²) in [5.74, 6) is 0. The van der Waals surface area contributed by atoms with Gasteiger partial charge in [0.15, 0.2) is 0 Å². The van der Waals surface area contributed by atoms with Gasteiger partial charge in [0.05, 0.1) is 6.61 Å². The first-order chi connectivity index (χ1) is 7.52. The van der Waals surface area contributed by atoms with Crippen LogP contribution in [-0.4, -0.2) is 58.0 Å². The topological polar surface area (TPSA) is 38.3 Å². The van der Waals surface area contributed by atoms with Crippen LogP contribution in [0.3, 0.4) is 0 Å². The average Bonchev–Trinajstić information content (AvgIpc) is 2.19. The third kappa shape index (κ3) is 17.7. The van der Waals surface area contributed by atoms with Crippen molar-refractivity contribution in [2.75, 3.05) is 13.2 Å². The van der Waals surface area contributed by atoms with Gasteiger partial charge in [-0.1, -0.05) is 0 Å². The first kappa shape index (κ1) is 21.0. The summed E-state index contributed by atoms with van der Waals surface area (Å²) in [4.78, 5) is 11.1. The number of thiol groups is 4. The summed E-state index contributed by atoms with van der Waals surface area (Å²) in [5, 5.41) is 2.66. The molecule has 98 valence electrons. The summed E-state index contributed by atoms with van der Waals surface area (Å²) in [6, 6.07) is 0. The second-order valence-electron chi connectivity index (χ2n) is 3.31. The molecule has 1 amide bonds. The first-order valence-corrected chi connectivity index (χ1v) is 7.22. The number of alkyl carbamates (subject to hydrolysis) is 1. The molecular weight excluding hydrogens is 305 g/mol. The Kier molecular flexibility index (Phi) is 17.4. The summed E-state index contributed by atoms with van der Waals surface area (Å²) in [6.07, 6.45) is 2.93. The van der Waals surface area contributed by atoms with Gasteiger partial charge in [-0.25, -0.2) is 4.79 Å². The SMILES string of the molecule is O=C(NCCCC(S)S)OCCCC(S)S.[NaH]. The molecule has 0 radical (unpaired) electrons. The standard InChI is InChI=1S/C9H19NO2S4.Na.H/c11-9(10-5-1-3-7(13)14)12-6-2-4-8(15)16;;/h7-8,13-16H,1-6H2,(H,10,11);;. The minimum atomic E-state index is -0.371. The van der Waals surface area contributed by atoms with Crippen molar-refractivity contribution >= 4 is 86.2 Å². The van der Waals surface area contributed by atoms with E-state index in [9.17, 15) is 4.79 Å². The summed E-state index contributed by atoms with van der Waals surface area (Å²) in [6.45, 7) is 1.00. The zero-order valence-electron chi connectivity index (χ0n) is 9.00. The predicted octanol–water partition coefficient (Wildman–Crippen LogP) is 2.00. The molecule has 0 rings (SSSR count). The molecule has 0 aromatic rings. The summed E-state index contributed by atoms with van der Waals surface area (Å²) >= 11 is 16.4. The first-order valence-electron chi connectivity index (χ1n) is 5.15. The van der Waals surface area contributed by atoms with Gasteiger partial charge in [-0.2, -0.15) is 50.5 Å². The van der Waals surface area contributed by atoms with Crippen LogP contribution in [0.25, 0.3) is 0 Å². The van der Waals surface area contributed by atoms with E-state index in [0.717, 1.165) is 25.7 Å². The van der Waals surface area contributed by atoms with E-state index in [1.807, 2.05) is 0 Å². The molecule has 1 N–H and O–H groups in total. The number of nitrogens with one attached hydrogen (secondary N) is 1. The van der Waals surface area contributed by atoms with Gasteiger partial charge in [-0.15, -0.1) is 0 Å². The van der Waals surface area contributed by atoms with Crippen LogP contribution in [-0.2, 0) is 4.74 Å². The Balaban J connectivity index is 0. The number of rotatable bonds is 8. The Morgan fingerprint density at radius 1 is 1.06 bits per heavy atom. The molecule has 0 unspecified atom stereocenters. The van der Waals surface area contributed by atoms with Crippen LogP contribution in [0, 0.1) is 0 Å². The van der Waals surface area contributed by atoms with Crippen LogP contribution in [0.15, 0.2) is 0 Å². The van der Waals surface area contributed by atoms with Crippen molar-refractivity contribution in [3.05, 3.63) is 0 Å². The van der Waals surface area contributed by atoms with Crippen LogP contribution in [0.1, 0.15) is 25.7 Å². The fourth-order valence-corrected chi connectivity index (χ4v) is 1.69. The van der Waals surface area contributed by atoms with Gasteiger partial charge in [0.2, 0.25) is 0 Å². The van der Waals surface area contributed by atoms with Gasteiger partial charge in [0.25, 0.3) is 0 Å². The van der Waals surface area contributed by atoms with Crippen molar-refractivity contribution in [2.45, 2.75) is 34.8 Å². The molecule has 0 aliphatic heterocycles. The molecule has 0 saturated heterocycles. The molecule has 0 bridgehead atoms. The van der Waals surface area contributed by atoms with Crippen LogP contribution < -0.4 is 5.32 Å². The molecule has 0 aliphatic rings. The van der Waals surface area contributed by atoms with Gasteiger partial charge in [0.1, 0.15) is 0 Å². The van der Waals surface area contributed by atoms with E-state index in [1.54, 1.807) is 0 Å². The summed E-state index contributed by atoms with van der Waals surface area (Å²) < 4.78 is 5.06. The second kappa shape index (κ2) is 14.1. The molecule has 8 heteroatoms. The van der Waals surface area contributed by atoms with E-state index in [-0.39, 0.29) is 44.8 Å². The Hall–Kier alpha value is 1.67. The quantitative estimate of drug-likeness (QED) is 0.205. The zero-order chi connectivity index (χ0) is 12.4. The molecule has 3 nitrogen and oxygen atoms in total. The molecule has 0 atom stereocenters.